The van der Waals surface area contributed by atoms with E-state index in [1.165, 1.54) is 6.33 Å². The normalized spacial score (nSPS) is 10.9. The first-order valence-corrected chi connectivity index (χ1v) is 5.78. The molecule has 7 nitrogen and oxygen atoms in total. The molecule has 3 rings (SSSR count). The molecule has 0 amide bonds. The quantitative estimate of drug-likeness (QED) is 0.690. The van der Waals surface area contributed by atoms with E-state index in [9.17, 15) is 0 Å². The molecule has 3 aromatic heterocycles. The molecular formula is C10H10ClN7. The van der Waals surface area contributed by atoms with Gasteiger partial charge in [0, 0.05) is 30.9 Å². The standard InChI is InChI=1S/C10H10ClN7/c11-8-3-9(18-10(17-8)15-6-16-18)13-2-1-7-4-12-5-14-7/h3-6,13H,1-2H2,(H,12,14). The van der Waals surface area contributed by atoms with Gasteiger partial charge in [-0.1, -0.05) is 11.6 Å². The molecule has 8 heteroatoms. The summed E-state index contributed by atoms with van der Waals surface area (Å²) in [5, 5.41) is 7.71. The van der Waals surface area contributed by atoms with E-state index in [1.807, 2.05) is 0 Å². The maximum absolute atomic E-state index is 5.91. The third-order valence-corrected chi connectivity index (χ3v) is 2.67. The summed E-state index contributed by atoms with van der Waals surface area (Å²) in [5.41, 5.74) is 1.07. The second-order valence-corrected chi connectivity index (χ2v) is 4.08. The van der Waals surface area contributed by atoms with E-state index in [0.29, 0.717) is 10.9 Å². The van der Waals surface area contributed by atoms with Gasteiger partial charge in [-0.2, -0.15) is 19.6 Å². The lowest BCUT2D eigenvalue weighted by atomic mass is 10.3. The van der Waals surface area contributed by atoms with E-state index in [1.54, 1.807) is 23.1 Å². The van der Waals surface area contributed by atoms with Gasteiger partial charge in [-0.3, -0.25) is 0 Å². The van der Waals surface area contributed by atoms with Crippen molar-refractivity contribution >= 4 is 23.2 Å². The molecule has 0 saturated carbocycles. The highest BCUT2D eigenvalue weighted by molar-refractivity contribution is 6.29. The van der Waals surface area contributed by atoms with E-state index >= 15 is 0 Å². The summed E-state index contributed by atoms with van der Waals surface area (Å²) < 4.78 is 1.61. The van der Waals surface area contributed by atoms with Gasteiger partial charge in [0.05, 0.1) is 6.33 Å². The summed E-state index contributed by atoms with van der Waals surface area (Å²) in [7, 11) is 0. The predicted molar refractivity (Wildman–Crippen MR) is 66.6 cm³/mol. The van der Waals surface area contributed by atoms with Crippen molar-refractivity contribution in [1.82, 2.24) is 29.5 Å². The van der Waals surface area contributed by atoms with Crippen LogP contribution in [0.15, 0.2) is 24.9 Å². The first-order chi connectivity index (χ1) is 8.83. The second-order valence-electron chi connectivity index (χ2n) is 3.69. The van der Waals surface area contributed by atoms with Crippen LogP contribution in [0.1, 0.15) is 5.69 Å². The van der Waals surface area contributed by atoms with Crippen LogP contribution in [0.3, 0.4) is 0 Å². The van der Waals surface area contributed by atoms with E-state index in [0.717, 1.165) is 24.5 Å². The van der Waals surface area contributed by atoms with E-state index in [-0.39, 0.29) is 0 Å². The maximum atomic E-state index is 5.91. The number of aromatic amines is 1. The van der Waals surface area contributed by atoms with Gasteiger partial charge in [0.2, 0.25) is 0 Å². The summed E-state index contributed by atoms with van der Waals surface area (Å²) in [4.78, 5) is 15.1. The predicted octanol–water partition coefficient (Wildman–Crippen LogP) is 1.16. The average Bonchev–Trinajstić information content (AvgIpc) is 2.98. The number of nitrogens with zero attached hydrogens (tertiary/aromatic N) is 5. The SMILES string of the molecule is Clc1cc(NCCc2cnc[nH]2)n2ncnc2n1. The molecule has 92 valence electrons. The highest BCUT2D eigenvalue weighted by Gasteiger charge is 2.05. The lowest BCUT2D eigenvalue weighted by Gasteiger charge is -2.07. The first kappa shape index (κ1) is 11.0. The topological polar surface area (TPSA) is 83.8 Å². The Morgan fingerprint density at radius 3 is 3.22 bits per heavy atom. The Balaban J connectivity index is 1.75. The molecule has 0 bridgehead atoms. The van der Waals surface area contributed by atoms with E-state index in [4.69, 9.17) is 11.6 Å². The lowest BCUT2D eigenvalue weighted by molar-refractivity contribution is 0.904. The third-order valence-electron chi connectivity index (χ3n) is 2.48. The minimum Gasteiger partial charge on any atom is -0.369 e. The summed E-state index contributed by atoms with van der Waals surface area (Å²) in [6.45, 7) is 0.734. The van der Waals surface area contributed by atoms with Crippen LogP contribution in [0.5, 0.6) is 0 Å². The van der Waals surface area contributed by atoms with Gasteiger partial charge in [-0.25, -0.2) is 4.98 Å². The van der Waals surface area contributed by atoms with Crippen LogP contribution in [0, 0.1) is 0 Å². The van der Waals surface area contributed by atoms with Gasteiger partial charge in [-0.05, 0) is 0 Å². The number of rotatable bonds is 4. The summed E-state index contributed by atoms with van der Waals surface area (Å²) in [5.74, 6) is 1.24. The molecule has 0 saturated heterocycles. The van der Waals surface area contributed by atoms with Crippen molar-refractivity contribution in [1.29, 1.82) is 0 Å². The Morgan fingerprint density at radius 1 is 1.44 bits per heavy atom. The molecule has 3 heterocycles. The van der Waals surface area contributed by atoms with Gasteiger partial charge in [0.15, 0.2) is 0 Å². The monoisotopic (exact) mass is 263 g/mol. The van der Waals surface area contributed by atoms with E-state index in [2.05, 4.69) is 30.4 Å². The molecule has 0 aromatic carbocycles. The van der Waals surface area contributed by atoms with Crippen molar-refractivity contribution in [3.63, 3.8) is 0 Å². The van der Waals surface area contributed by atoms with Crippen LogP contribution < -0.4 is 5.32 Å². The lowest BCUT2D eigenvalue weighted by Crippen LogP contribution is -2.09. The fourth-order valence-corrected chi connectivity index (χ4v) is 1.83. The first-order valence-electron chi connectivity index (χ1n) is 5.40. The van der Waals surface area contributed by atoms with Gasteiger partial charge in [0.25, 0.3) is 5.78 Å². The largest absolute Gasteiger partial charge is 0.369 e. The minimum atomic E-state index is 0.388. The van der Waals surface area contributed by atoms with Crippen LogP contribution >= 0.6 is 11.6 Å². The van der Waals surface area contributed by atoms with Gasteiger partial charge >= 0.3 is 0 Å². The Hall–Kier alpha value is -2.15. The maximum Gasteiger partial charge on any atom is 0.255 e. The van der Waals surface area contributed by atoms with Crippen LogP contribution in [-0.2, 0) is 6.42 Å². The van der Waals surface area contributed by atoms with E-state index < -0.39 is 0 Å². The summed E-state index contributed by atoms with van der Waals surface area (Å²) in [6, 6.07) is 1.72. The number of nitrogens with one attached hydrogen (secondary N) is 2. The number of H-pyrrole nitrogens is 1. The van der Waals surface area contributed by atoms with Crippen LogP contribution in [0.2, 0.25) is 5.15 Å². The van der Waals surface area contributed by atoms with Crippen molar-refractivity contribution in [3.05, 3.63) is 35.8 Å². The number of halogens is 1. The molecule has 0 atom stereocenters. The van der Waals surface area contributed by atoms with Crippen LogP contribution in [0.4, 0.5) is 5.82 Å². The van der Waals surface area contributed by atoms with Gasteiger partial charge in [-0.15, -0.1) is 0 Å². The molecular weight excluding hydrogens is 254 g/mol. The third kappa shape index (κ3) is 2.12. The Kier molecular flexibility index (Phi) is 2.81. The summed E-state index contributed by atoms with van der Waals surface area (Å²) >= 11 is 5.91. The zero-order valence-corrected chi connectivity index (χ0v) is 10.1. The Labute approximate surface area is 107 Å². The van der Waals surface area contributed by atoms with Crippen molar-refractivity contribution in [2.75, 3.05) is 11.9 Å². The minimum absolute atomic E-state index is 0.388. The van der Waals surface area contributed by atoms with Crippen molar-refractivity contribution in [2.45, 2.75) is 6.42 Å². The van der Waals surface area contributed by atoms with Crippen LogP contribution in [-0.4, -0.2) is 36.1 Å². The Morgan fingerprint density at radius 2 is 2.39 bits per heavy atom. The molecule has 0 radical (unpaired) electrons. The molecule has 0 aliphatic rings. The van der Waals surface area contributed by atoms with Crippen molar-refractivity contribution in [2.24, 2.45) is 0 Å². The molecule has 0 aliphatic carbocycles. The molecule has 0 unspecified atom stereocenters. The smallest absolute Gasteiger partial charge is 0.255 e. The number of hydrogen-bond donors (Lipinski definition) is 2. The molecule has 0 fully saturated rings. The van der Waals surface area contributed by atoms with Crippen molar-refractivity contribution < 1.29 is 0 Å². The molecule has 2 N–H and O–H groups in total. The number of aromatic nitrogens is 6. The fourth-order valence-electron chi connectivity index (χ4n) is 1.66. The molecule has 0 spiro atoms. The van der Waals surface area contributed by atoms with Gasteiger partial charge < -0.3 is 10.3 Å². The molecule has 18 heavy (non-hydrogen) atoms. The number of anilines is 1. The second kappa shape index (κ2) is 4.61. The van der Waals surface area contributed by atoms with Crippen molar-refractivity contribution in [3.8, 4) is 0 Å². The number of imidazole rings is 1. The molecule has 0 aliphatic heterocycles. The fraction of sp³-hybridized carbons (Fsp3) is 0.200. The highest BCUT2D eigenvalue weighted by Crippen LogP contribution is 2.14. The zero-order chi connectivity index (χ0) is 12.4. The summed E-state index contributed by atoms with van der Waals surface area (Å²) in [6.07, 6.45) is 5.73. The zero-order valence-electron chi connectivity index (χ0n) is 9.34. The highest BCUT2D eigenvalue weighted by atomic mass is 35.5. The van der Waals surface area contributed by atoms with Crippen LogP contribution in [0.25, 0.3) is 5.78 Å². The number of hydrogen-bond acceptors (Lipinski definition) is 5. The number of fused-ring (bicyclic) bond motifs is 1. The molecule has 3 aromatic rings. The average molecular weight is 264 g/mol. The van der Waals surface area contributed by atoms with Gasteiger partial charge in [0.1, 0.15) is 17.3 Å². The Bertz CT molecular complexity index is 645.